The number of nitrogens with one attached hydrogen (secondary N) is 1. The SMILES string of the molecule is COCCCCCNc1ccc(C(N)=S)c(Cl)c1. The average Bonchev–Trinajstić information content (AvgIpc) is 2.33. The van der Waals surface area contributed by atoms with Gasteiger partial charge in [0.2, 0.25) is 0 Å². The fourth-order valence-electron chi connectivity index (χ4n) is 1.61. The van der Waals surface area contributed by atoms with Crippen LogP contribution < -0.4 is 11.1 Å². The van der Waals surface area contributed by atoms with Crippen molar-refractivity contribution in [2.24, 2.45) is 5.73 Å². The van der Waals surface area contributed by atoms with Crippen molar-refractivity contribution in [1.29, 1.82) is 0 Å². The average molecular weight is 287 g/mol. The zero-order valence-corrected chi connectivity index (χ0v) is 12.1. The number of hydrogen-bond donors (Lipinski definition) is 2. The maximum absolute atomic E-state index is 6.08. The lowest BCUT2D eigenvalue weighted by molar-refractivity contribution is 0.192. The van der Waals surface area contributed by atoms with Gasteiger partial charge < -0.3 is 15.8 Å². The van der Waals surface area contributed by atoms with E-state index in [0.29, 0.717) is 10.0 Å². The van der Waals surface area contributed by atoms with E-state index in [1.807, 2.05) is 18.2 Å². The van der Waals surface area contributed by atoms with E-state index in [-0.39, 0.29) is 0 Å². The van der Waals surface area contributed by atoms with Gasteiger partial charge in [-0.2, -0.15) is 0 Å². The van der Waals surface area contributed by atoms with Crippen molar-refractivity contribution >= 4 is 34.5 Å². The molecule has 0 spiro atoms. The first kappa shape index (κ1) is 15.2. The third kappa shape index (κ3) is 5.21. The second-order valence-electron chi connectivity index (χ2n) is 4.04. The number of anilines is 1. The van der Waals surface area contributed by atoms with Crippen LogP contribution in [0.4, 0.5) is 5.69 Å². The highest BCUT2D eigenvalue weighted by atomic mass is 35.5. The second kappa shape index (κ2) is 8.29. The first-order chi connectivity index (χ1) is 8.65. The van der Waals surface area contributed by atoms with Crippen molar-refractivity contribution in [2.45, 2.75) is 19.3 Å². The number of benzene rings is 1. The number of methoxy groups -OCH3 is 1. The molecule has 1 aromatic carbocycles. The van der Waals surface area contributed by atoms with Gasteiger partial charge in [0.05, 0.1) is 5.02 Å². The minimum Gasteiger partial charge on any atom is -0.389 e. The highest BCUT2D eigenvalue weighted by molar-refractivity contribution is 7.80. The smallest absolute Gasteiger partial charge is 0.105 e. The summed E-state index contributed by atoms with van der Waals surface area (Å²) < 4.78 is 5.00. The zero-order chi connectivity index (χ0) is 13.4. The highest BCUT2D eigenvalue weighted by Gasteiger charge is 2.03. The molecule has 0 bridgehead atoms. The molecule has 3 N–H and O–H groups in total. The van der Waals surface area contributed by atoms with E-state index in [4.69, 9.17) is 34.3 Å². The van der Waals surface area contributed by atoms with Crippen LogP contribution in [0.1, 0.15) is 24.8 Å². The predicted octanol–water partition coefficient (Wildman–Crippen LogP) is 3.20. The van der Waals surface area contributed by atoms with Crippen molar-refractivity contribution in [1.82, 2.24) is 0 Å². The molecule has 1 aromatic rings. The summed E-state index contributed by atoms with van der Waals surface area (Å²) in [6.07, 6.45) is 3.36. The number of unbranched alkanes of at least 4 members (excludes halogenated alkanes) is 2. The highest BCUT2D eigenvalue weighted by Crippen LogP contribution is 2.20. The molecule has 0 atom stereocenters. The summed E-state index contributed by atoms with van der Waals surface area (Å²) in [5.74, 6) is 0. The Morgan fingerprint density at radius 2 is 2.17 bits per heavy atom. The second-order valence-corrected chi connectivity index (χ2v) is 4.89. The minimum atomic E-state index is 0.325. The third-order valence-electron chi connectivity index (χ3n) is 2.59. The van der Waals surface area contributed by atoms with Crippen LogP contribution in [0.2, 0.25) is 5.02 Å². The molecule has 0 saturated heterocycles. The van der Waals surface area contributed by atoms with Crippen LogP contribution >= 0.6 is 23.8 Å². The van der Waals surface area contributed by atoms with Gasteiger partial charge in [-0.15, -0.1) is 0 Å². The van der Waals surface area contributed by atoms with Gasteiger partial charge in [-0.05, 0) is 37.5 Å². The normalized spacial score (nSPS) is 10.3. The summed E-state index contributed by atoms with van der Waals surface area (Å²) in [6.45, 7) is 1.75. The van der Waals surface area contributed by atoms with Crippen LogP contribution in [0, 0.1) is 0 Å². The van der Waals surface area contributed by atoms with Crippen LogP contribution in [0.3, 0.4) is 0 Å². The summed E-state index contributed by atoms with van der Waals surface area (Å²) in [7, 11) is 1.73. The first-order valence-electron chi connectivity index (χ1n) is 5.97. The number of halogens is 1. The Morgan fingerprint density at radius 3 is 2.78 bits per heavy atom. The van der Waals surface area contributed by atoms with Crippen molar-refractivity contribution in [2.75, 3.05) is 25.6 Å². The van der Waals surface area contributed by atoms with E-state index in [2.05, 4.69) is 5.32 Å². The van der Waals surface area contributed by atoms with Gasteiger partial charge in [-0.1, -0.05) is 23.8 Å². The third-order valence-corrected chi connectivity index (χ3v) is 3.12. The topological polar surface area (TPSA) is 47.3 Å². The Balaban J connectivity index is 2.35. The molecule has 0 radical (unpaired) electrons. The van der Waals surface area contributed by atoms with E-state index >= 15 is 0 Å². The van der Waals surface area contributed by atoms with E-state index in [1.165, 1.54) is 0 Å². The number of thiocarbonyl (C=S) groups is 1. The lowest BCUT2D eigenvalue weighted by atomic mass is 10.2. The fourth-order valence-corrected chi connectivity index (χ4v) is 2.12. The molecule has 3 nitrogen and oxygen atoms in total. The predicted molar refractivity (Wildman–Crippen MR) is 81.6 cm³/mol. The molecule has 0 fully saturated rings. The van der Waals surface area contributed by atoms with Gasteiger partial charge in [-0.3, -0.25) is 0 Å². The molecule has 0 aliphatic heterocycles. The van der Waals surface area contributed by atoms with E-state index in [9.17, 15) is 0 Å². The molecule has 1 rings (SSSR count). The molecule has 5 heteroatoms. The Bertz CT molecular complexity index is 399. The van der Waals surface area contributed by atoms with Gasteiger partial charge in [0.25, 0.3) is 0 Å². The van der Waals surface area contributed by atoms with E-state index < -0.39 is 0 Å². The van der Waals surface area contributed by atoms with Crippen LogP contribution in [-0.2, 0) is 4.74 Å². The summed E-state index contributed by atoms with van der Waals surface area (Å²) in [4.78, 5) is 0.325. The maximum atomic E-state index is 6.08. The van der Waals surface area contributed by atoms with Crippen LogP contribution in [0.5, 0.6) is 0 Å². The van der Waals surface area contributed by atoms with Gasteiger partial charge in [0.1, 0.15) is 4.99 Å². The minimum absolute atomic E-state index is 0.325. The standard InChI is InChI=1S/C13H19ClN2OS/c1-17-8-4-2-3-7-16-10-5-6-11(13(15)18)12(14)9-10/h5-6,9,16H,2-4,7-8H2,1H3,(H2,15,18). The Labute approximate surface area is 119 Å². The molecule has 0 aliphatic rings. The Morgan fingerprint density at radius 1 is 1.39 bits per heavy atom. The van der Waals surface area contributed by atoms with Gasteiger partial charge in [0.15, 0.2) is 0 Å². The molecule has 100 valence electrons. The number of nitrogens with two attached hydrogens (primary N) is 1. The number of ether oxygens (including phenoxy) is 1. The van der Waals surface area contributed by atoms with Crippen molar-refractivity contribution in [3.05, 3.63) is 28.8 Å². The Hall–Kier alpha value is -0.840. The lowest BCUT2D eigenvalue weighted by Crippen LogP contribution is -2.10. The quantitative estimate of drug-likeness (QED) is 0.569. The molecular weight excluding hydrogens is 268 g/mol. The molecule has 0 heterocycles. The number of hydrogen-bond acceptors (Lipinski definition) is 3. The molecule has 0 aliphatic carbocycles. The Kier molecular flexibility index (Phi) is 7.01. The summed E-state index contributed by atoms with van der Waals surface area (Å²) in [5, 5.41) is 3.91. The van der Waals surface area contributed by atoms with Gasteiger partial charge >= 0.3 is 0 Å². The lowest BCUT2D eigenvalue weighted by Gasteiger charge is -2.08. The van der Waals surface area contributed by atoms with E-state index in [1.54, 1.807) is 7.11 Å². The maximum Gasteiger partial charge on any atom is 0.105 e. The fraction of sp³-hybridized carbons (Fsp3) is 0.462. The molecule has 18 heavy (non-hydrogen) atoms. The van der Waals surface area contributed by atoms with Crippen LogP contribution in [0.25, 0.3) is 0 Å². The van der Waals surface area contributed by atoms with Crippen LogP contribution in [-0.4, -0.2) is 25.2 Å². The van der Waals surface area contributed by atoms with Crippen molar-refractivity contribution in [3.63, 3.8) is 0 Å². The monoisotopic (exact) mass is 286 g/mol. The van der Waals surface area contributed by atoms with Crippen molar-refractivity contribution in [3.8, 4) is 0 Å². The summed E-state index contributed by atoms with van der Waals surface area (Å²) in [5.41, 5.74) is 7.26. The van der Waals surface area contributed by atoms with Crippen LogP contribution in [0.15, 0.2) is 18.2 Å². The summed E-state index contributed by atoms with van der Waals surface area (Å²) in [6, 6.07) is 5.64. The van der Waals surface area contributed by atoms with Crippen molar-refractivity contribution < 1.29 is 4.74 Å². The zero-order valence-electron chi connectivity index (χ0n) is 10.5. The molecule has 0 aromatic heterocycles. The largest absolute Gasteiger partial charge is 0.389 e. The summed E-state index contributed by atoms with van der Waals surface area (Å²) >= 11 is 11.0. The number of rotatable bonds is 8. The molecular formula is C13H19ClN2OS. The molecule has 0 unspecified atom stereocenters. The van der Waals surface area contributed by atoms with Gasteiger partial charge in [0, 0.05) is 31.5 Å². The molecule has 0 amide bonds. The first-order valence-corrected chi connectivity index (χ1v) is 6.76. The van der Waals surface area contributed by atoms with E-state index in [0.717, 1.165) is 43.7 Å². The van der Waals surface area contributed by atoms with Gasteiger partial charge in [-0.25, -0.2) is 0 Å². The molecule has 0 saturated carbocycles.